The van der Waals surface area contributed by atoms with E-state index in [-0.39, 0.29) is 29.9 Å². The van der Waals surface area contributed by atoms with Crippen molar-refractivity contribution in [3.8, 4) is 0 Å². The fraction of sp³-hybridized carbons (Fsp3) is 0.533. The summed E-state index contributed by atoms with van der Waals surface area (Å²) in [7, 11) is 0. The fourth-order valence-corrected chi connectivity index (χ4v) is 2.04. The number of carbonyl (C=O) groups is 1. The van der Waals surface area contributed by atoms with Crippen LogP contribution >= 0.6 is 0 Å². The third-order valence-corrected chi connectivity index (χ3v) is 3.05. The van der Waals surface area contributed by atoms with Crippen LogP contribution in [0, 0.1) is 16.0 Å². The summed E-state index contributed by atoms with van der Waals surface area (Å²) in [5.74, 6) is 0.213. The highest BCUT2D eigenvalue weighted by Gasteiger charge is 2.18. The molecule has 1 N–H and O–H groups in total. The summed E-state index contributed by atoms with van der Waals surface area (Å²) in [6.07, 6.45) is 0. The Kier molecular flexibility index (Phi) is 6.30. The van der Waals surface area contributed by atoms with E-state index in [1.807, 2.05) is 13.8 Å². The average Bonchev–Trinajstić information content (AvgIpc) is 2.37. The van der Waals surface area contributed by atoms with E-state index < -0.39 is 4.92 Å². The number of nitro groups is 1. The molecule has 6 nitrogen and oxygen atoms in total. The molecule has 0 atom stereocenters. The monoisotopic (exact) mass is 293 g/mol. The van der Waals surface area contributed by atoms with E-state index in [0.717, 1.165) is 6.54 Å². The number of amides is 1. The Morgan fingerprint density at radius 1 is 1.29 bits per heavy atom. The van der Waals surface area contributed by atoms with Gasteiger partial charge in [-0.25, -0.2) is 0 Å². The van der Waals surface area contributed by atoms with Gasteiger partial charge in [-0.1, -0.05) is 26.0 Å². The predicted octanol–water partition coefficient (Wildman–Crippen LogP) is 2.90. The zero-order valence-electron chi connectivity index (χ0n) is 13.0. The van der Waals surface area contributed by atoms with Crippen LogP contribution in [0.3, 0.4) is 0 Å². The number of hydrogen-bond acceptors (Lipinski definition) is 4. The van der Waals surface area contributed by atoms with Crippen molar-refractivity contribution in [2.75, 3.05) is 18.4 Å². The lowest BCUT2D eigenvalue weighted by molar-refractivity contribution is -0.383. The van der Waals surface area contributed by atoms with Gasteiger partial charge in [-0.3, -0.25) is 19.8 Å². The molecule has 0 spiro atoms. The Hall–Kier alpha value is -1.95. The molecule has 0 fully saturated rings. The van der Waals surface area contributed by atoms with E-state index in [4.69, 9.17) is 0 Å². The standard InChI is InChI=1S/C15H23N3O3/c1-11(2)9-17(12(3)4)10-15(19)16-13-7-5-6-8-14(13)18(20)21/h5-8,11-12H,9-10H2,1-4H3,(H,16,19). The van der Waals surface area contributed by atoms with Crippen LogP contribution in [0.4, 0.5) is 11.4 Å². The molecule has 0 bridgehead atoms. The minimum Gasteiger partial charge on any atom is -0.319 e. The molecule has 0 saturated carbocycles. The van der Waals surface area contributed by atoms with Gasteiger partial charge in [0.25, 0.3) is 5.69 Å². The van der Waals surface area contributed by atoms with E-state index >= 15 is 0 Å². The zero-order chi connectivity index (χ0) is 16.0. The van der Waals surface area contributed by atoms with Gasteiger partial charge in [-0.15, -0.1) is 0 Å². The van der Waals surface area contributed by atoms with Crippen molar-refractivity contribution in [2.45, 2.75) is 33.7 Å². The molecule has 0 aliphatic carbocycles. The predicted molar refractivity (Wildman–Crippen MR) is 83.3 cm³/mol. The highest BCUT2D eigenvalue weighted by Crippen LogP contribution is 2.23. The number of nitro benzene ring substituents is 1. The molecule has 21 heavy (non-hydrogen) atoms. The molecular weight excluding hydrogens is 270 g/mol. The second-order valence-electron chi connectivity index (χ2n) is 5.74. The number of benzene rings is 1. The molecule has 0 heterocycles. The molecule has 0 unspecified atom stereocenters. The normalized spacial score (nSPS) is 11.2. The number of hydrogen-bond donors (Lipinski definition) is 1. The van der Waals surface area contributed by atoms with Crippen LogP contribution in [-0.4, -0.2) is 34.9 Å². The molecule has 1 amide bonds. The first kappa shape index (κ1) is 17.1. The number of anilines is 1. The molecule has 0 aliphatic heterocycles. The smallest absolute Gasteiger partial charge is 0.292 e. The second kappa shape index (κ2) is 7.73. The van der Waals surface area contributed by atoms with Crippen LogP contribution in [0.5, 0.6) is 0 Å². The van der Waals surface area contributed by atoms with Gasteiger partial charge in [-0.05, 0) is 25.8 Å². The van der Waals surface area contributed by atoms with E-state index in [1.54, 1.807) is 12.1 Å². The first-order valence-electron chi connectivity index (χ1n) is 7.08. The maximum absolute atomic E-state index is 12.1. The number of carbonyl (C=O) groups excluding carboxylic acids is 1. The van der Waals surface area contributed by atoms with Crippen molar-refractivity contribution in [2.24, 2.45) is 5.92 Å². The molecule has 1 rings (SSSR count). The van der Waals surface area contributed by atoms with Gasteiger partial charge >= 0.3 is 0 Å². The van der Waals surface area contributed by atoms with Crippen LogP contribution in [0.15, 0.2) is 24.3 Å². The van der Waals surface area contributed by atoms with Crippen LogP contribution in [0.1, 0.15) is 27.7 Å². The largest absolute Gasteiger partial charge is 0.319 e. The Labute approximate surface area is 125 Å². The van der Waals surface area contributed by atoms with E-state index in [0.29, 0.717) is 5.92 Å². The fourth-order valence-electron chi connectivity index (χ4n) is 2.04. The first-order chi connectivity index (χ1) is 9.81. The van der Waals surface area contributed by atoms with Gasteiger partial charge in [0, 0.05) is 18.7 Å². The molecule has 0 radical (unpaired) electrons. The van der Waals surface area contributed by atoms with Gasteiger partial charge in [0.2, 0.25) is 5.91 Å². The Balaban J connectivity index is 2.75. The molecule has 0 saturated heterocycles. The molecule has 116 valence electrons. The summed E-state index contributed by atoms with van der Waals surface area (Å²) >= 11 is 0. The maximum Gasteiger partial charge on any atom is 0.292 e. The van der Waals surface area contributed by atoms with E-state index in [9.17, 15) is 14.9 Å². The highest BCUT2D eigenvalue weighted by atomic mass is 16.6. The van der Waals surface area contributed by atoms with Crippen molar-refractivity contribution >= 4 is 17.3 Å². The van der Waals surface area contributed by atoms with Crippen molar-refractivity contribution in [1.29, 1.82) is 0 Å². The molecule has 1 aromatic rings. The van der Waals surface area contributed by atoms with Gasteiger partial charge in [0.15, 0.2) is 0 Å². The van der Waals surface area contributed by atoms with Crippen LogP contribution in [0.2, 0.25) is 0 Å². The molecular formula is C15H23N3O3. The van der Waals surface area contributed by atoms with Gasteiger partial charge in [0.05, 0.1) is 11.5 Å². The Morgan fingerprint density at radius 2 is 1.90 bits per heavy atom. The van der Waals surface area contributed by atoms with E-state index in [1.165, 1.54) is 12.1 Å². The van der Waals surface area contributed by atoms with Crippen LogP contribution in [-0.2, 0) is 4.79 Å². The summed E-state index contributed by atoms with van der Waals surface area (Å²) < 4.78 is 0. The lowest BCUT2D eigenvalue weighted by atomic mass is 10.2. The van der Waals surface area contributed by atoms with Gasteiger partial charge in [0.1, 0.15) is 5.69 Å². The number of rotatable bonds is 7. The third kappa shape index (κ3) is 5.51. The molecule has 0 aromatic heterocycles. The summed E-state index contributed by atoms with van der Waals surface area (Å²) in [4.78, 5) is 24.6. The summed E-state index contributed by atoms with van der Waals surface area (Å²) in [5, 5.41) is 13.6. The van der Waals surface area contributed by atoms with Crippen molar-refractivity contribution in [1.82, 2.24) is 4.90 Å². The maximum atomic E-state index is 12.1. The second-order valence-corrected chi connectivity index (χ2v) is 5.74. The van der Waals surface area contributed by atoms with E-state index in [2.05, 4.69) is 24.1 Å². The van der Waals surface area contributed by atoms with Gasteiger partial charge in [-0.2, -0.15) is 0 Å². The SMILES string of the molecule is CC(C)CN(CC(=O)Nc1ccccc1[N+](=O)[O-])C(C)C. The van der Waals surface area contributed by atoms with Crippen molar-refractivity contribution in [3.05, 3.63) is 34.4 Å². The molecule has 6 heteroatoms. The minimum atomic E-state index is -0.496. The number of nitrogens with one attached hydrogen (secondary N) is 1. The van der Waals surface area contributed by atoms with Crippen molar-refractivity contribution < 1.29 is 9.72 Å². The number of nitrogens with zero attached hydrogens (tertiary/aromatic N) is 2. The summed E-state index contributed by atoms with van der Waals surface area (Å²) in [5.41, 5.74) is 0.145. The topological polar surface area (TPSA) is 75.5 Å². The average molecular weight is 293 g/mol. The Bertz CT molecular complexity index is 501. The third-order valence-electron chi connectivity index (χ3n) is 3.05. The highest BCUT2D eigenvalue weighted by molar-refractivity contribution is 5.94. The molecule has 1 aromatic carbocycles. The zero-order valence-corrected chi connectivity index (χ0v) is 13.0. The lowest BCUT2D eigenvalue weighted by Gasteiger charge is -2.27. The number of para-hydroxylation sites is 2. The minimum absolute atomic E-state index is 0.0918. The van der Waals surface area contributed by atoms with Crippen LogP contribution < -0.4 is 5.32 Å². The summed E-state index contributed by atoms with van der Waals surface area (Å²) in [6, 6.07) is 6.40. The molecule has 0 aliphatic rings. The lowest BCUT2D eigenvalue weighted by Crippen LogP contribution is -2.40. The Morgan fingerprint density at radius 3 is 2.43 bits per heavy atom. The summed E-state index contributed by atoms with van der Waals surface area (Å²) in [6.45, 7) is 9.27. The van der Waals surface area contributed by atoms with Crippen LogP contribution in [0.25, 0.3) is 0 Å². The van der Waals surface area contributed by atoms with Gasteiger partial charge < -0.3 is 5.32 Å². The quantitative estimate of drug-likeness (QED) is 0.619. The first-order valence-corrected chi connectivity index (χ1v) is 7.08. The van der Waals surface area contributed by atoms with Crippen molar-refractivity contribution in [3.63, 3.8) is 0 Å².